The van der Waals surface area contributed by atoms with Crippen molar-refractivity contribution >= 4 is 16.8 Å². The van der Waals surface area contributed by atoms with Gasteiger partial charge in [0.05, 0.1) is 22.5 Å². The first-order chi connectivity index (χ1) is 14.0. The van der Waals surface area contributed by atoms with Crippen molar-refractivity contribution in [1.82, 2.24) is 24.9 Å². The average molecular weight is 397 g/mol. The highest BCUT2D eigenvalue weighted by Crippen LogP contribution is 2.21. The van der Waals surface area contributed by atoms with Gasteiger partial charge >= 0.3 is 0 Å². The van der Waals surface area contributed by atoms with Gasteiger partial charge in [-0.05, 0) is 46.2 Å². The van der Waals surface area contributed by atoms with E-state index >= 15 is 0 Å². The molecule has 29 heavy (non-hydrogen) atoms. The lowest BCUT2D eigenvalue weighted by atomic mass is 10.2. The number of para-hydroxylation sites is 1. The molecule has 1 amide bonds. The molecule has 8 nitrogen and oxygen atoms in total. The van der Waals surface area contributed by atoms with E-state index in [4.69, 9.17) is 4.74 Å². The molecular weight excluding hydrogens is 370 g/mol. The number of nitrogens with zero attached hydrogens (tertiary/aromatic N) is 4. The zero-order valence-corrected chi connectivity index (χ0v) is 17.3. The van der Waals surface area contributed by atoms with Crippen LogP contribution in [0.25, 0.3) is 16.6 Å². The summed E-state index contributed by atoms with van der Waals surface area (Å²) in [7, 11) is 0. The van der Waals surface area contributed by atoms with Gasteiger partial charge in [0.15, 0.2) is 5.52 Å². The number of amides is 1. The maximum Gasteiger partial charge on any atom is 0.295 e. The van der Waals surface area contributed by atoms with Crippen molar-refractivity contribution in [3.05, 3.63) is 52.1 Å². The molecule has 0 aliphatic carbocycles. The minimum atomic E-state index is -0.736. The van der Waals surface area contributed by atoms with Crippen molar-refractivity contribution in [1.29, 1.82) is 0 Å². The summed E-state index contributed by atoms with van der Waals surface area (Å²) < 4.78 is 8.22. The lowest BCUT2D eigenvalue weighted by molar-refractivity contribution is -0.124. The van der Waals surface area contributed by atoms with Gasteiger partial charge in [-0.3, -0.25) is 9.59 Å². The van der Waals surface area contributed by atoms with Gasteiger partial charge in [0, 0.05) is 19.8 Å². The SMILES string of the molecule is CCOCCCNC(=O)[C@H](C)n1nc(C)c2c(C)n(-c3ccccc3)nc2c1=O. The van der Waals surface area contributed by atoms with Gasteiger partial charge in [0.25, 0.3) is 5.56 Å². The summed E-state index contributed by atoms with van der Waals surface area (Å²) >= 11 is 0. The van der Waals surface area contributed by atoms with E-state index in [9.17, 15) is 9.59 Å². The van der Waals surface area contributed by atoms with Crippen LogP contribution in [0.5, 0.6) is 0 Å². The third-order valence-corrected chi connectivity index (χ3v) is 4.86. The molecule has 0 saturated heterocycles. The minimum Gasteiger partial charge on any atom is -0.382 e. The summed E-state index contributed by atoms with van der Waals surface area (Å²) in [6, 6.07) is 8.89. The summed E-state index contributed by atoms with van der Waals surface area (Å²) in [4.78, 5) is 25.6. The highest BCUT2D eigenvalue weighted by molar-refractivity contribution is 5.84. The van der Waals surface area contributed by atoms with Crippen LogP contribution in [0.1, 0.15) is 37.7 Å². The number of benzene rings is 1. The Morgan fingerprint density at radius 2 is 1.93 bits per heavy atom. The lowest BCUT2D eigenvalue weighted by Crippen LogP contribution is -2.38. The molecule has 0 saturated carbocycles. The molecule has 0 unspecified atom stereocenters. The summed E-state index contributed by atoms with van der Waals surface area (Å²) in [6.45, 7) is 9.06. The predicted molar refractivity (Wildman–Crippen MR) is 111 cm³/mol. The van der Waals surface area contributed by atoms with E-state index in [0.717, 1.165) is 16.8 Å². The molecule has 1 aromatic carbocycles. The van der Waals surface area contributed by atoms with E-state index in [1.165, 1.54) is 4.68 Å². The summed E-state index contributed by atoms with van der Waals surface area (Å²) in [6.07, 6.45) is 0.716. The van der Waals surface area contributed by atoms with Crippen molar-refractivity contribution < 1.29 is 9.53 Å². The van der Waals surface area contributed by atoms with E-state index in [1.807, 2.05) is 51.1 Å². The van der Waals surface area contributed by atoms with Gasteiger partial charge in [-0.15, -0.1) is 0 Å². The normalized spacial score (nSPS) is 12.3. The van der Waals surface area contributed by atoms with E-state index in [1.54, 1.807) is 11.6 Å². The molecule has 1 atom stereocenters. The molecule has 0 radical (unpaired) electrons. The molecule has 3 rings (SSSR count). The number of ether oxygens (including phenoxy) is 1. The highest BCUT2D eigenvalue weighted by atomic mass is 16.5. The van der Waals surface area contributed by atoms with Crippen LogP contribution in [0.15, 0.2) is 35.1 Å². The molecule has 3 aromatic rings. The van der Waals surface area contributed by atoms with Gasteiger partial charge < -0.3 is 10.1 Å². The van der Waals surface area contributed by atoms with Crippen molar-refractivity contribution in [3.8, 4) is 5.69 Å². The van der Waals surface area contributed by atoms with Crippen LogP contribution in [0.3, 0.4) is 0 Å². The Morgan fingerprint density at radius 3 is 2.62 bits per heavy atom. The Balaban J connectivity index is 1.91. The number of fused-ring (bicyclic) bond motifs is 1. The van der Waals surface area contributed by atoms with E-state index in [-0.39, 0.29) is 11.5 Å². The number of nitrogens with one attached hydrogen (secondary N) is 1. The molecule has 0 spiro atoms. The van der Waals surface area contributed by atoms with Crippen LogP contribution in [-0.2, 0) is 9.53 Å². The molecule has 0 fully saturated rings. The third kappa shape index (κ3) is 4.22. The Bertz CT molecular complexity index is 1060. The molecular formula is C21H27N5O3. The molecule has 0 aliphatic heterocycles. The Kier molecular flexibility index (Phi) is 6.43. The predicted octanol–water partition coefficient (Wildman–Crippen LogP) is 2.30. The number of aromatic nitrogens is 4. The smallest absolute Gasteiger partial charge is 0.295 e. The van der Waals surface area contributed by atoms with Crippen molar-refractivity contribution in [2.45, 2.75) is 40.2 Å². The zero-order valence-electron chi connectivity index (χ0n) is 17.3. The number of carbonyl (C=O) groups excluding carboxylic acids is 1. The van der Waals surface area contributed by atoms with Crippen molar-refractivity contribution in [3.63, 3.8) is 0 Å². The topological polar surface area (TPSA) is 91.0 Å². The van der Waals surface area contributed by atoms with Crippen LogP contribution in [0.4, 0.5) is 0 Å². The van der Waals surface area contributed by atoms with Crippen molar-refractivity contribution in [2.75, 3.05) is 19.8 Å². The summed E-state index contributed by atoms with van der Waals surface area (Å²) in [5, 5.41) is 12.5. The highest BCUT2D eigenvalue weighted by Gasteiger charge is 2.22. The monoisotopic (exact) mass is 397 g/mol. The largest absolute Gasteiger partial charge is 0.382 e. The van der Waals surface area contributed by atoms with Crippen LogP contribution >= 0.6 is 0 Å². The second-order valence-electron chi connectivity index (χ2n) is 6.91. The molecule has 2 aromatic heterocycles. The molecule has 0 aliphatic rings. The van der Waals surface area contributed by atoms with Crippen LogP contribution < -0.4 is 10.9 Å². The second-order valence-corrected chi connectivity index (χ2v) is 6.91. The van der Waals surface area contributed by atoms with E-state index in [0.29, 0.717) is 37.4 Å². The van der Waals surface area contributed by atoms with Crippen LogP contribution in [-0.4, -0.2) is 45.2 Å². The molecule has 1 N–H and O–H groups in total. The molecule has 2 heterocycles. The first-order valence-electron chi connectivity index (χ1n) is 9.85. The number of rotatable bonds is 8. The van der Waals surface area contributed by atoms with Gasteiger partial charge in [0.1, 0.15) is 6.04 Å². The Hall–Kier alpha value is -3.00. The number of aryl methyl sites for hydroxylation is 2. The fourth-order valence-corrected chi connectivity index (χ4v) is 3.32. The quantitative estimate of drug-likeness (QED) is 0.589. The Morgan fingerprint density at radius 1 is 1.21 bits per heavy atom. The van der Waals surface area contributed by atoms with Crippen molar-refractivity contribution in [2.24, 2.45) is 0 Å². The molecule has 154 valence electrons. The van der Waals surface area contributed by atoms with Gasteiger partial charge in [-0.2, -0.15) is 10.2 Å². The number of carbonyl (C=O) groups is 1. The minimum absolute atomic E-state index is 0.255. The zero-order chi connectivity index (χ0) is 21.0. The average Bonchev–Trinajstić information content (AvgIpc) is 3.08. The van der Waals surface area contributed by atoms with Crippen LogP contribution in [0.2, 0.25) is 0 Å². The number of hydrogen-bond acceptors (Lipinski definition) is 5. The standard InChI is InChI=1S/C21H27N5O3/c1-5-29-13-9-12-22-20(27)16(4)26-21(28)19-18(14(2)23-26)15(3)25(24-19)17-10-7-6-8-11-17/h6-8,10-11,16H,5,9,12-13H2,1-4H3,(H,22,27)/t16-/m0/s1. The third-order valence-electron chi connectivity index (χ3n) is 4.86. The first-order valence-corrected chi connectivity index (χ1v) is 9.85. The van der Waals surface area contributed by atoms with Gasteiger partial charge in [-0.25, -0.2) is 9.36 Å². The number of hydrogen-bond donors (Lipinski definition) is 1. The maximum atomic E-state index is 13.1. The first kappa shape index (κ1) is 20.7. The fraction of sp³-hybridized carbons (Fsp3) is 0.429. The van der Waals surface area contributed by atoms with Gasteiger partial charge in [-0.1, -0.05) is 18.2 Å². The van der Waals surface area contributed by atoms with Gasteiger partial charge in [0.2, 0.25) is 5.91 Å². The molecule has 0 bridgehead atoms. The summed E-state index contributed by atoms with van der Waals surface area (Å²) in [5.74, 6) is -0.255. The van der Waals surface area contributed by atoms with E-state index in [2.05, 4.69) is 15.5 Å². The fourth-order valence-electron chi connectivity index (χ4n) is 3.32. The molecule has 8 heteroatoms. The van der Waals surface area contributed by atoms with E-state index < -0.39 is 6.04 Å². The second kappa shape index (κ2) is 9.00. The van der Waals surface area contributed by atoms with Crippen LogP contribution in [0, 0.1) is 13.8 Å². The maximum absolute atomic E-state index is 13.1. The Labute approximate surface area is 169 Å². The lowest BCUT2D eigenvalue weighted by Gasteiger charge is -2.14. The summed E-state index contributed by atoms with van der Waals surface area (Å²) in [5.41, 5.74) is 2.31.